The molecule has 0 atom stereocenters. The Balaban J connectivity index is 0.000000260. The summed E-state index contributed by atoms with van der Waals surface area (Å²) in [6.07, 6.45) is -8.58. The Bertz CT molecular complexity index is 597. The van der Waals surface area contributed by atoms with E-state index in [0.717, 1.165) is 16.2 Å². The fourth-order valence-electron chi connectivity index (χ4n) is 1.33. The number of aliphatic hydroxyl groups excluding tert-OH is 1. The second-order valence-electron chi connectivity index (χ2n) is 4.54. The lowest BCUT2D eigenvalue weighted by molar-refractivity contribution is -0.153. The van der Waals surface area contributed by atoms with Gasteiger partial charge < -0.3 is 14.6 Å². The predicted octanol–water partition coefficient (Wildman–Crippen LogP) is 5.77. The van der Waals surface area contributed by atoms with Gasteiger partial charge in [-0.1, -0.05) is 15.9 Å². The maximum absolute atomic E-state index is 11.7. The zero-order valence-corrected chi connectivity index (χ0v) is 16.1. The molecule has 0 aliphatic carbocycles. The average molecular weight is 487 g/mol. The highest BCUT2D eigenvalue weighted by Gasteiger charge is 2.29. The van der Waals surface area contributed by atoms with Crippen molar-refractivity contribution in [3.63, 3.8) is 0 Å². The van der Waals surface area contributed by atoms with Gasteiger partial charge in [0.1, 0.15) is 0 Å². The summed E-state index contributed by atoms with van der Waals surface area (Å²) in [7, 11) is 0. The lowest BCUT2D eigenvalue weighted by Crippen LogP contribution is -2.18. The van der Waals surface area contributed by atoms with Gasteiger partial charge in [0.05, 0.1) is 6.61 Å². The molecule has 0 amide bonds. The van der Waals surface area contributed by atoms with Crippen LogP contribution in [0.3, 0.4) is 0 Å². The smallest absolute Gasteiger partial charge is 0.422 e. The number of thiophene rings is 2. The lowest BCUT2D eigenvalue weighted by atomic mass is 10.5. The Morgan fingerprint density at radius 3 is 1.54 bits per heavy atom. The zero-order chi connectivity index (χ0) is 19.8. The van der Waals surface area contributed by atoms with E-state index in [9.17, 15) is 26.3 Å². The van der Waals surface area contributed by atoms with Crippen molar-refractivity contribution in [1.29, 1.82) is 0 Å². The number of rotatable bonds is 6. The summed E-state index contributed by atoms with van der Waals surface area (Å²) in [4.78, 5) is 1.52. The summed E-state index contributed by atoms with van der Waals surface area (Å²) < 4.78 is 79.0. The van der Waals surface area contributed by atoms with Crippen LogP contribution in [0.1, 0.15) is 9.75 Å². The van der Waals surface area contributed by atoms with Crippen molar-refractivity contribution < 1.29 is 40.9 Å². The molecule has 0 aliphatic rings. The Hall–Kier alpha value is -0.980. The van der Waals surface area contributed by atoms with E-state index in [1.54, 1.807) is 6.07 Å². The highest BCUT2D eigenvalue weighted by atomic mass is 79.9. The van der Waals surface area contributed by atoms with Crippen LogP contribution in [0.2, 0.25) is 0 Å². The molecular formula is C14H13BrF6O3S2. The number of hydrogen-bond donors (Lipinski definition) is 1. The molecule has 0 saturated heterocycles. The van der Waals surface area contributed by atoms with Crippen molar-refractivity contribution in [1.82, 2.24) is 0 Å². The zero-order valence-electron chi connectivity index (χ0n) is 12.9. The molecule has 12 heteroatoms. The minimum Gasteiger partial charge on any atom is -0.475 e. The van der Waals surface area contributed by atoms with Crippen molar-refractivity contribution >= 4 is 38.6 Å². The van der Waals surface area contributed by atoms with E-state index in [2.05, 4.69) is 25.4 Å². The van der Waals surface area contributed by atoms with Crippen molar-refractivity contribution in [2.24, 2.45) is 0 Å². The Kier molecular flexibility index (Phi) is 9.21. The largest absolute Gasteiger partial charge is 0.475 e. The van der Waals surface area contributed by atoms with E-state index in [-0.39, 0.29) is 11.7 Å². The molecule has 2 heterocycles. The first kappa shape index (κ1) is 23.1. The van der Waals surface area contributed by atoms with Gasteiger partial charge in [0.2, 0.25) is 0 Å². The van der Waals surface area contributed by atoms with Gasteiger partial charge in [0, 0.05) is 15.1 Å². The van der Waals surface area contributed by atoms with Crippen LogP contribution in [0.4, 0.5) is 26.3 Å². The second kappa shape index (κ2) is 10.4. The summed E-state index contributed by atoms with van der Waals surface area (Å²) in [6.45, 7) is -2.70. The van der Waals surface area contributed by atoms with Gasteiger partial charge in [-0.15, -0.1) is 22.7 Å². The summed E-state index contributed by atoms with van der Waals surface area (Å²) in [5.74, 6) is 0. The molecule has 0 spiro atoms. The number of ether oxygens (including phenoxy) is 2. The van der Waals surface area contributed by atoms with Crippen LogP contribution in [-0.4, -0.2) is 30.7 Å². The quantitative estimate of drug-likeness (QED) is 0.416. The molecule has 0 radical (unpaired) electrons. The van der Waals surface area contributed by atoms with Crippen molar-refractivity contribution in [3.05, 3.63) is 34.0 Å². The molecule has 0 fully saturated rings. The van der Waals surface area contributed by atoms with Gasteiger partial charge >= 0.3 is 12.4 Å². The third-order valence-corrected chi connectivity index (χ3v) is 5.27. The van der Waals surface area contributed by atoms with Crippen LogP contribution < -0.4 is 9.47 Å². The molecule has 3 nitrogen and oxygen atoms in total. The van der Waals surface area contributed by atoms with E-state index in [0.29, 0.717) is 15.3 Å². The normalized spacial score (nSPS) is 11.7. The van der Waals surface area contributed by atoms with Crippen LogP contribution >= 0.6 is 38.6 Å². The Morgan fingerprint density at radius 2 is 1.23 bits per heavy atom. The first-order valence-electron chi connectivity index (χ1n) is 6.76. The van der Waals surface area contributed by atoms with Gasteiger partial charge in [-0.25, -0.2) is 0 Å². The summed E-state index contributed by atoms with van der Waals surface area (Å²) in [5.41, 5.74) is 0. The molecule has 1 N–H and O–H groups in total. The number of alkyl halides is 7. The van der Waals surface area contributed by atoms with Crippen LogP contribution in [-0.2, 0) is 11.9 Å². The molecule has 2 aromatic rings. The summed E-state index contributed by atoms with van der Waals surface area (Å²) >= 11 is 5.40. The van der Waals surface area contributed by atoms with Gasteiger partial charge in [-0.3, -0.25) is 0 Å². The van der Waals surface area contributed by atoms with Crippen molar-refractivity contribution in [2.75, 3.05) is 13.2 Å². The average Bonchev–Trinajstić information content (AvgIpc) is 3.19. The van der Waals surface area contributed by atoms with E-state index >= 15 is 0 Å². The van der Waals surface area contributed by atoms with E-state index in [1.807, 2.05) is 0 Å². The number of halogens is 7. The second-order valence-corrected chi connectivity index (χ2v) is 7.36. The molecule has 0 unspecified atom stereocenters. The molecule has 0 saturated carbocycles. The van der Waals surface area contributed by atoms with Crippen molar-refractivity contribution in [2.45, 2.75) is 24.3 Å². The minimum absolute atomic E-state index is 0.168. The fraction of sp³-hybridized carbons (Fsp3) is 0.429. The summed E-state index contributed by atoms with van der Waals surface area (Å²) in [5, 5.41) is 9.71. The highest BCUT2D eigenvalue weighted by Crippen LogP contribution is 2.28. The standard InChI is InChI=1S/C7H6BrF3OS.C7H7F3O2S/c8-3-5-1-2-6(13-5)12-4-7(9,10)11;8-7(9,10)4-12-6-2-1-5(3-11)13-6/h1-2H,3-4H2;1-2,11H,3-4H2. The van der Waals surface area contributed by atoms with E-state index in [1.165, 1.54) is 29.5 Å². The number of aliphatic hydroxyl groups is 1. The monoisotopic (exact) mass is 486 g/mol. The van der Waals surface area contributed by atoms with Crippen LogP contribution in [0, 0.1) is 0 Å². The van der Waals surface area contributed by atoms with Gasteiger partial charge in [0.25, 0.3) is 0 Å². The molecule has 0 aromatic carbocycles. The first-order chi connectivity index (χ1) is 12.0. The van der Waals surface area contributed by atoms with Gasteiger partial charge in [-0.2, -0.15) is 26.3 Å². The third kappa shape index (κ3) is 10.2. The summed E-state index contributed by atoms with van der Waals surface area (Å²) in [6, 6.07) is 6.19. The first-order valence-corrected chi connectivity index (χ1v) is 9.51. The maximum Gasteiger partial charge on any atom is 0.422 e. The molecule has 2 rings (SSSR count). The maximum atomic E-state index is 11.7. The van der Waals surface area contributed by atoms with Gasteiger partial charge in [0.15, 0.2) is 23.3 Å². The minimum atomic E-state index is -4.32. The molecule has 26 heavy (non-hydrogen) atoms. The Labute approximate surface area is 161 Å². The highest BCUT2D eigenvalue weighted by molar-refractivity contribution is 9.08. The van der Waals surface area contributed by atoms with E-state index < -0.39 is 25.6 Å². The molecule has 0 aliphatic heterocycles. The van der Waals surface area contributed by atoms with Crippen molar-refractivity contribution in [3.8, 4) is 10.1 Å². The predicted molar refractivity (Wildman–Crippen MR) is 90.3 cm³/mol. The van der Waals surface area contributed by atoms with Crippen LogP contribution in [0.15, 0.2) is 24.3 Å². The third-order valence-electron chi connectivity index (χ3n) is 2.32. The number of hydrogen-bond acceptors (Lipinski definition) is 5. The Morgan fingerprint density at radius 1 is 0.808 bits per heavy atom. The topological polar surface area (TPSA) is 38.7 Å². The van der Waals surface area contributed by atoms with Crippen LogP contribution in [0.5, 0.6) is 10.1 Å². The molecule has 0 bridgehead atoms. The van der Waals surface area contributed by atoms with E-state index in [4.69, 9.17) is 5.11 Å². The molecule has 2 aromatic heterocycles. The van der Waals surface area contributed by atoms with Gasteiger partial charge in [-0.05, 0) is 24.3 Å². The van der Waals surface area contributed by atoms with Crippen LogP contribution in [0.25, 0.3) is 0 Å². The molecular weight excluding hydrogens is 474 g/mol. The fourth-order valence-corrected chi connectivity index (χ4v) is 3.28. The lowest BCUT2D eigenvalue weighted by Gasteiger charge is -2.06. The molecule has 148 valence electrons. The SMILES string of the molecule is FC(F)(F)COc1ccc(CBr)s1.OCc1ccc(OCC(F)(F)F)s1.